The number of rotatable bonds is 3. The lowest BCUT2D eigenvalue weighted by Gasteiger charge is -2.24. The molecule has 2 aliphatic carbocycles. The van der Waals surface area contributed by atoms with Crippen LogP contribution in [0, 0.1) is 5.92 Å². The second-order valence-electron chi connectivity index (χ2n) is 9.82. The predicted octanol–water partition coefficient (Wildman–Crippen LogP) is 7.69. The molecule has 0 spiro atoms. The molecule has 0 aromatic heterocycles. The molecule has 0 heterocycles. The Bertz CT molecular complexity index is 887. The first-order chi connectivity index (χ1) is 12.8. The van der Waals surface area contributed by atoms with Crippen LogP contribution in [0.25, 0.3) is 17.2 Å². The highest BCUT2D eigenvalue weighted by Gasteiger charge is 2.32. The Hall–Kier alpha value is -1.82. The van der Waals surface area contributed by atoms with Crippen LogP contribution in [-0.2, 0) is 18.3 Å². The third kappa shape index (κ3) is 3.08. The Morgan fingerprint density at radius 1 is 1.07 bits per heavy atom. The largest absolute Gasteiger partial charge is 0.0651 e. The highest BCUT2D eigenvalue weighted by Crippen LogP contribution is 2.49. The molecule has 2 atom stereocenters. The molecule has 0 radical (unpaired) electrons. The molecule has 0 bridgehead atoms. The third-order valence-electron chi connectivity index (χ3n) is 6.92. The van der Waals surface area contributed by atoms with E-state index < -0.39 is 0 Å². The van der Waals surface area contributed by atoms with Crippen molar-refractivity contribution in [2.45, 2.75) is 78.6 Å². The number of benzene rings is 2. The monoisotopic (exact) mass is 358 g/mol. The Balaban J connectivity index is 1.89. The quantitative estimate of drug-likeness (QED) is 0.527. The fourth-order valence-electron chi connectivity index (χ4n) is 5.22. The molecule has 2 aliphatic rings. The van der Waals surface area contributed by atoms with Crippen molar-refractivity contribution in [2.75, 3.05) is 0 Å². The summed E-state index contributed by atoms with van der Waals surface area (Å²) >= 11 is 0. The second kappa shape index (κ2) is 6.66. The van der Waals surface area contributed by atoms with Gasteiger partial charge >= 0.3 is 0 Å². The summed E-state index contributed by atoms with van der Waals surface area (Å²) < 4.78 is 0. The van der Waals surface area contributed by atoms with Crippen LogP contribution < -0.4 is 0 Å². The molecule has 4 rings (SSSR count). The van der Waals surface area contributed by atoms with E-state index in [2.05, 4.69) is 78.0 Å². The molecule has 0 heteroatoms. The molecule has 0 nitrogen and oxygen atoms in total. The first-order valence-electron chi connectivity index (χ1n) is 10.8. The van der Waals surface area contributed by atoms with Gasteiger partial charge in [-0.3, -0.25) is 0 Å². The minimum atomic E-state index is 0.206. The van der Waals surface area contributed by atoms with Crippen LogP contribution in [0.5, 0.6) is 0 Å². The van der Waals surface area contributed by atoms with Gasteiger partial charge in [0.05, 0.1) is 0 Å². The summed E-state index contributed by atoms with van der Waals surface area (Å²) in [5.74, 6) is 1.31. The van der Waals surface area contributed by atoms with Gasteiger partial charge in [-0.25, -0.2) is 0 Å². The van der Waals surface area contributed by atoms with Gasteiger partial charge in [0.1, 0.15) is 0 Å². The molecular weight excluding hydrogens is 324 g/mol. The van der Waals surface area contributed by atoms with Crippen molar-refractivity contribution < 1.29 is 0 Å². The molecule has 0 saturated carbocycles. The van der Waals surface area contributed by atoms with Crippen LogP contribution >= 0.6 is 0 Å². The van der Waals surface area contributed by atoms with Crippen LogP contribution in [-0.4, -0.2) is 0 Å². The Labute approximate surface area is 165 Å². The topological polar surface area (TPSA) is 0 Å². The summed E-state index contributed by atoms with van der Waals surface area (Å²) in [6.45, 7) is 14.0. The summed E-state index contributed by atoms with van der Waals surface area (Å²) in [7, 11) is 0. The van der Waals surface area contributed by atoms with Crippen LogP contribution in [0.2, 0.25) is 0 Å². The van der Waals surface area contributed by atoms with Gasteiger partial charge in [0.15, 0.2) is 0 Å². The minimum absolute atomic E-state index is 0.206. The van der Waals surface area contributed by atoms with E-state index >= 15 is 0 Å². The van der Waals surface area contributed by atoms with Crippen molar-refractivity contribution in [3.63, 3.8) is 0 Å². The SMILES string of the molecule is CCC(C)C1C(C)=Cc2c1cc1c(c2-c2ccc(C(C)(C)C)cc2)CCC1. The van der Waals surface area contributed by atoms with Crippen molar-refractivity contribution in [3.05, 3.63) is 63.7 Å². The van der Waals surface area contributed by atoms with Crippen molar-refractivity contribution in [1.82, 2.24) is 0 Å². The lowest BCUT2D eigenvalue weighted by Crippen LogP contribution is -2.11. The zero-order valence-corrected chi connectivity index (χ0v) is 17.9. The molecular formula is C27H34. The van der Waals surface area contributed by atoms with E-state index in [0.29, 0.717) is 11.8 Å². The Morgan fingerprint density at radius 2 is 1.78 bits per heavy atom. The maximum atomic E-state index is 2.56. The van der Waals surface area contributed by atoms with Crippen molar-refractivity contribution in [3.8, 4) is 11.1 Å². The van der Waals surface area contributed by atoms with Gasteiger partial charge in [0.25, 0.3) is 0 Å². The molecule has 0 saturated heterocycles. The smallest absolute Gasteiger partial charge is 0.00805 e. The van der Waals surface area contributed by atoms with Crippen molar-refractivity contribution in [2.24, 2.45) is 5.92 Å². The fraction of sp³-hybridized carbons (Fsp3) is 0.481. The maximum Gasteiger partial charge on any atom is 0.00805 e. The molecule has 2 aromatic carbocycles. The number of hydrogen-bond donors (Lipinski definition) is 0. The fourth-order valence-corrected chi connectivity index (χ4v) is 5.22. The Kier molecular flexibility index (Phi) is 4.57. The molecule has 0 N–H and O–H groups in total. The van der Waals surface area contributed by atoms with Gasteiger partial charge in [0, 0.05) is 5.92 Å². The van der Waals surface area contributed by atoms with Crippen LogP contribution in [0.3, 0.4) is 0 Å². The van der Waals surface area contributed by atoms with E-state index in [9.17, 15) is 0 Å². The lowest BCUT2D eigenvalue weighted by atomic mass is 9.80. The van der Waals surface area contributed by atoms with Gasteiger partial charge in [-0.1, -0.05) is 83.0 Å². The molecule has 2 unspecified atom stereocenters. The number of aryl methyl sites for hydroxylation is 1. The third-order valence-corrected chi connectivity index (χ3v) is 6.92. The van der Waals surface area contributed by atoms with E-state index in [1.54, 1.807) is 22.3 Å². The van der Waals surface area contributed by atoms with E-state index in [0.717, 1.165) is 0 Å². The van der Waals surface area contributed by atoms with Gasteiger partial charge in [-0.05, 0) is 76.5 Å². The molecule has 0 amide bonds. The summed E-state index contributed by atoms with van der Waals surface area (Å²) in [6, 6.07) is 12.0. The average molecular weight is 359 g/mol. The number of allylic oxidation sites excluding steroid dienone is 1. The summed E-state index contributed by atoms with van der Waals surface area (Å²) in [5.41, 5.74) is 12.5. The van der Waals surface area contributed by atoms with Crippen molar-refractivity contribution >= 4 is 6.08 Å². The van der Waals surface area contributed by atoms with Gasteiger partial charge in [-0.15, -0.1) is 0 Å². The normalized spacial score (nSPS) is 19.6. The molecule has 27 heavy (non-hydrogen) atoms. The Morgan fingerprint density at radius 3 is 2.41 bits per heavy atom. The van der Waals surface area contributed by atoms with Gasteiger partial charge in [-0.2, -0.15) is 0 Å². The van der Waals surface area contributed by atoms with Crippen LogP contribution in [0.1, 0.15) is 88.1 Å². The van der Waals surface area contributed by atoms with E-state index in [-0.39, 0.29) is 5.41 Å². The number of hydrogen-bond acceptors (Lipinski definition) is 0. The first-order valence-corrected chi connectivity index (χ1v) is 10.8. The van der Waals surface area contributed by atoms with Gasteiger partial charge < -0.3 is 0 Å². The predicted molar refractivity (Wildman–Crippen MR) is 118 cm³/mol. The average Bonchev–Trinajstić information content (AvgIpc) is 3.21. The molecule has 142 valence electrons. The second-order valence-corrected chi connectivity index (χ2v) is 9.82. The van der Waals surface area contributed by atoms with Crippen LogP contribution in [0.4, 0.5) is 0 Å². The minimum Gasteiger partial charge on any atom is -0.0651 e. The maximum absolute atomic E-state index is 2.56. The zero-order valence-electron chi connectivity index (χ0n) is 17.9. The zero-order chi connectivity index (χ0) is 19.3. The molecule has 2 aromatic rings. The standard InChI is InChI=1S/C27H34/c1-7-17(2)25-18(3)15-23-24(25)16-20-9-8-10-22(20)26(23)19-11-13-21(14-12-19)27(4,5)6/h11-17,25H,7-10H2,1-6H3. The van der Waals surface area contributed by atoms with E-state index in [1.165, 1.54) is 47.9 Å². The summed E-state index contributed by atoms with van der Waals surface area (Å²) in [5, 5.41) is 0. The molecule has 0 fully saturated rings. The van der Waals surface area contributed by atoms with E-state index in [4.69, 9.17) is 0 Å². The highest BCUT2D eigenvalue weighted by atomic mass is 14.4. The summed E-state index contributed by atoms with van der Waals surface area (Å²) in [6.07, 6.45) is 7.53. The lowest BCUT2D eigenvalue weighted by molar-refractivity contribution is 0.496. The summed E-state index contributed by atoms with van der Waals surface area (Å²) in [4.78, 5) is 0. The highest BCUT2D eigenvalue weighted by molar-refractivity contribution is 5.85. The van der Waals surface area contributed by atoms with Crippen molar-refractivity contribution in [1.29, 1.82) is 0 Å². The molecule has 0 aliphatic heterocycles. The van der Waals surface area contributed by atoms with E-state index in [1.807, 2.05) is 0 Å². The number of fused-ring (bicyclic) bond motifs is 2. The first kappa shape index (κ1) is 18.5. The van der Waals surface area contributed by atoms with Crippen LogP contribution in [0.15, 0.2) is 35.9 Å². The van der Waals surface area contributed by atoms with Gasteiger partial charge in [0.2, 0.25) is 0 Å².